The van der Waals surface area contributed by atoms with Crippen LogP contribution in [0.4, 0.5) is 5.69 Å². The number of nitrogens with zero attached hydrogens (tertiary/aromatic N) is 1. The van der Waals surface area contributed by atoms with Gasteiger partial charge in [-0.15, -0.1) is 11.8 Å². The van der Waals surface area contributed by atoms with Crippen LogP contribution in [0.15, 0.2) is 51.2 Å². The molecule has 1 aromatic heterocycles. The average Bonchev–Trinajstić information content (AvgIpc) is 2.81. The molecule has 4 heteroatoms. The summed E-state index contributed by atoms with van der Waals surface area (Å²) in [7, 11) is 0. The summed E-state index contributed by atoms with van der Waals surface area (Å²) >= 11 is 1.66. The van der Waals surface area contributed by atoms with Crippen LogP contribution in [0.1, 0.15) is 0 Å². The third-order valence-corrected chi connectivity index (χ3v) is 3.22. The molecule has 80 valence electrons. The summed E-state index contributed by atoms with van der Waals surface area (Å²) in [5.74, 6) is 0.767. The van der Waals surface area contributed by atoms with E-state index in [2.05, 4.69) is 0 Å². The number of para-hydroxylation sites is 1. The number of thioether (sulfide) groups is 1. The maximum absolute atomic E-state index is 11.8. The van der Waals surface area contributed by atoms with Gasteiger partial charge in [-0.05, 0) is 17.5 Å². The average molecular weight is 231 g/mol. The van der Waals surface area contributed by atoms with E-state index in [0.717, 1.165) is 11.3 Å². The van der Waals surface area contributed by atoms with E-state index in [1.54, 1.807) is 17.8 Å². The molecule has 16 heavy (non-hydrogen) atoms. The Hall–Kier alpha value is -1.68. The van der Waals surface area contributed by atoms with Gasteiger partial charge in [0.15, 0.2) is 0 Å². The quantitative estimate of drug-likeness (QED) is 0.707. The van der Waals surface area contributed by atoms with Crippen molar-refractivity contribution < 1.29 is 4.42 Å². The maximum atomic E-state index is 11.8. The van der Waals surface area contributed by atoms with Gasteiger partial charge in [-0.3, -0.25) is 0 Å². The van der Waals surface area contributed by atoms with Gasteiger partial charge in [0.25, 0.3) is 0 Å². The van der Waals surface area contributed by atoms with Crippen LogP contribution in [-0.4, -0.2) is 5.88 Å². The Morgan fingerprint density at radius 1 is 1.31 bits per heavy atom. The fourth-order valence-electron chi connectivity index (χ4n) is 1.68. The van der Waals surface area contributed by atoms with Gasteiger partial charge in [-0.25, -0.2) is 4.79 Å². The number of rotatable bonds is 1. The zero-order valence-corrected chi connectivity index (χ0v) is 9.24. The third-order valence-electron chi connectivity index (χ3n) is 2.48. The lowest BCUT2D eigenvalue weighted by molar-refractivity contribution is 0.561. The summed E-state index contributed by atoms with van der Waals surface area (Å²) in [5.41, 5.74) is 0.942. The van der Waals surface area contributed by atoms with Crippen molar-refractivity contribution >= 4 is 28.4 Å². The van der Waals surface area contributed by atoms with Gasteiger partial charge in [-0.2, -0.15) is 0 Å². The first-order chi connectivity index (χ1) is 7.84. The first-order valence-corrected chi connectivity index (χ1v) is 5.97. The second kappa shape index (κ2) is 3.72. The first kappa shape index (κ1) is 9.54. The molecular weight excluding hydrogens is 222 g/mol. The van der Waals surface area contributed by atoms with Gasteiger partial charge in [-0.1, -0.05) is 18.2 Å². The van der Waals surface area contributed by atoms with Gasteiger partial charge in [0, 0.05) is 11.6 Å². The number of benzene rings is 1. The van der Waals surface area contributed by atoms with Gasteiger partial charge in [0.1, 0.15) is 11.3 Å². The molecule has 0 saturated carbocycles. The van der Waals surface area contributed by atoms with Crippen LogP contribution in [-0.2, 0) is 0 Å². The standard InChI is InChI=1S/C12H9NO2S/c14-12-10(13-5-6-16-8-13)7-9-3-1-2-4-11(9)15-12/h1-7H,8H2. The Morgan fingerprint density at radius 3 is 3.00 bits per heavy atom. The summed E-state index contributed by atoms with van der Waals surface area (Å²) in [5, 5.41) is 2.91. The van der Waals surface area contributed by atoms with Crippen LogP contribution in [0.2, 0.25) is 0 Å². The van der Waals surface area contributed by atoms with Crippen molar-refractivity contribution in [3.8, 4) is 0 Å². The van der Waals surface area contributed by atoms with E-state index in [9.17, 15) is 4.79 Å². The van der Waals surface area contributed by atoms with Crippen LogP contribution in [0.5, 0.6) is 0 Å². The predicted octanol–water partition coefficient (Wildman–Crippen LogP) is 2.77. The molecule has 0 N–H and O–H groups in total. The van der Waals surface area contributed by atoms with Crippen LogP contribution < -0.4 is 10.5 Å². The number of hydrogen-bond acceptors (Lipinski definition) is 4. The van der Waals surface area contributed by atoms with Crippen LogP contribution in [0.25, 0.3) is 11.0 Å². The number of anilines is 1. The SMILES string of the molecule is O=c1oc2ccccc2cc1N1C=CSC1. The molecule has 0 unspecified atom stereocenters. The predicted molar refractivity (Wildman–Crippen MR) is 66.6 cm³/mol. The molecule has 0 radical (unpaired) electrons. The highest BCUT2D eigenvalue weighted by atomic mass is 32.2. The Labute approximate surface area is 96.4 Å². The molecule has 1 aromatic carbocycles. The van der Waals surface area contributed by atoms with Crippen LogP contribution in [0.3, 0.4) is 0 Å². The summed E-state index contributed by atoms with van der Waals surface area (Å²) in [6.45, 7) is 0. The molecule has 0 bridgehead atoms. The van der Waals surface area contributed by atoms with E-state index in [-0.39, 0.29) is 5.63 Å². The van der Waals surface area contributed by atoms with Crippen molar-refractivity contribution in [1.29, 1.82) is 0 Å². The maximum Gasteiger partial charge on any atom is 0.360 e. The van der Waals surface area contributed by atoms with Crippen LogP contribution in [0, 0.1) is 0 Å². The zero-order valence-electron chi connectivity index (χ0n) is 8.42. The van der Waals surface area contributed by atoms with E-state index in [1.165, 1.54) is 0 Å². The minimum Gasteiger partial charge on any atom is -0.421 e. The lowest BCUT2D eigenvalue weighted by Crippen LogP contribution is -2.18. The van der Waals surface area contributed by atoms with Crippen LogP contribution >= 0.6 is 11.8 Å². The number of fused-ring (bicyclic) bond motifs is 1. The fourth-order valence-corrected chi connectivity index (χ4v) is 2.39. The van der Waals surface area contributed by atoms with Crippen molar-refractivity contribution in [2.24, 2.45) is 0 Å². The highest BCUT2D eigenvalue weighted by Crippen LogP contribution is 2.23. The Morgan fingerprint density at radius 2 is 2.19 bits per heavy atom. The number of hydrogen-bond donors (Lipinski definition) is 0. The second-order valence-corrected chi connectivity index (χ2v) is 4.37. The second-order valence-electron chi connectivity index (χ2n) is 3.51. The zero-order chi connectivity index (χ0) is 11.0. The van der Waals surface area contributed by atoms with E-state index in [0.29, 0.717) is 11.3 Å². The Bertz CT molecular complexity index is 618. The lowest BCUT2D eigenvalue weighted by atomic mass is 10.2. The van der Waals surface area contributed by atoms with Gasteiger partial charge in [0.2, 0.25) is 0 Å². The Balaban J connectivity index is 2.21. The molecule has 3 rings (SSSR count). The highest BCUT2D eigenvalue weighted by molar-refractivity contribution is 8.02. The van der Waals surface area contributed by atoms with E-state index in [1.807, 2.05) is 40.8 Å². The first-order valence-electron chi connectivity index (χ1n) is 4.92. The van der Waals surface area contributed by atoms with Crippen molar-refractivity contribution in [3.63, 3.8) is 0 Å². The molecule has 0 saturated heterocycles. The van der Waals surface area contributed by atoms with E-state index in [4.69, 9.17) is 4.42 Å². The van der Waals surface area contributed by atoms with Crippen molar-refractivity contribution in [1.82, 2.24) is 0 Å². The summed E-state index contributed by atoms with van der Waals surface area (Å²) in [6.07, 6.45) is 1.89. The normalized spacial score (nSPS) is 14.9. The molecule has 1 aliphatic rings. The topological polar surface area (TPSA) is 33.5 Å². The molecule has 0 aliphatic carbocycles. The molecule has 1 aliphatic heterocycles. The van der Waals surface area contributed by atoms with Gasteiger partial charge >= 0.3 is 5.63 Å². The van der Waals surface area contributed by atoms with Crippen molar-refractivity contribution in [3.05, 3.63) is 52.4 Å². The summed E-state index contributed by atoms with van der Waals surface area (Å²) < 4.78 is 5.26. The monoisotopic (exact) mass is 231 g/mol. The fraction of sp³-hybridized carbons (Fsp3) is 0.0833. The van der Waals surface area contributed by atoms with Crippen molar-refractivity contribution in [2.45, 2.75) is 0 Å². The molecule has 3 nitrogen and oxygen atoms in total. The molecule has 2 heterocycles. The molecule has 0 spiro atoms. The minimum absolute atomic E-state index is 0.286. The molecular formula is C12H9NO2S. The molecule has 0 amide bonds. The lowest BCUT2D eigenvalue weighted by Gasteiger charge is -2.12. The molecule has 0 atom stereocenters. The van der Waals surface area contributed by atoms with Gasteiger partial charge in [0.05, 0.1) is 5.88 Å². The Kier molecular flexibility index (Phi) is 2.22. The summed E-state index contributed by atoms with van der Waals surface area (Å²) in [4.78, 5) is 13.7. The largest absolute Gasteiger partial charge is 0.421 e. The molecule has 0 fully saturated rings. The van der Waals surface area contributed by atoms with Gasteiger partial charge < -0.3 is 9.32 Å². The smallest absolute Gasteiger partial charge is 0.360 e. The van der Waals surface area contributed by atoms with Crippen molar-refractivity contribution in [2.75, 3.05) is 10.8 Å². The molecule has 2 aromatic rings. The van der Waals surface area contributed by atoms with E-state index >= 15 is 0 Å². The third kappa shape index (κ3) is 1.51. The minimum atomic E-state index is -0.286. The highest BCUT2D eigenvalue weighted by Gasteiger charge is 2.13. The van der Waals surface area contributed by atoms with E-state index < -0.39 is 0 Å². The summed E-state index contributed by atoms with van der Waals surface area (Å²) in [6, 6.07) is 9.40.